The molecule has 1 aliphatic rings. The zero-order chi connectivity index (χ0) is 30.3. The van der Waals surface area contributed by atoms with E-state index in [9.17, 15) is 25.4 Å². The number of fused-ring (bicyclic) bond motifs is 1. The van der Waals surface area contributed by atoms with Gasteiger partial charge in [0.1, 0.15) is 36.3 Å². The summed E-state index contributed by atoms with van der Waals surface area (Å²) < 4.78 is 12.6. The molecule has 1 aromatic heterocycles. The van der Waals surface area contributed by atoms with E-state index in [1.807, 2.05) is 36.4 Å². The maximum atomic E-state index is 11.4. The van der Waals surface area contributed by atoms with Crippen LogP contribution in [0.25, 0.3) is 11.1 Å². The molecule has 1 aliphatic carbocycles. The monoisotopic (exact) mass is 599 g/mol. The Labute approximate surface area is 253 Å². The number of nitriles is 1. The number of aromatic nitrogens is 1. The van der Waals surface area contributed by atoms with Crippen molar-refractivity contribution >= 4 is 17.6 Å². The second-order valence-corrected chi connectivity index (χ2v) is 10.6. The van der Waals surface area contributed by atoms with Crippen molar-refractivity contribution in [2.75, 3.05) is 6.61 Å². The summed E-state index contributed by atoms with van der Waals surface area (Å²) >= 11 is 6.69. The molecular formula is C33H30ClN3O6. The molecule has 0 saturated carbocycles. The maximum absolute atomic E-state index is 11.4. The van der Waals surface area contributed by atoms with Gasteiger partial charge in [-0.2, -0.15) is 5.26 Å². The molecule has 0 fully saturated rings. The summed E-state index contributed by atoms with van der Waals surface area (Å²) in [6, 6.07) is 19.9. The van der Waals surface area contributed by atoms with Crippen molar-refractivity contribution in [1.82, 2.24) is 10.3 Å². The highest BCUT2D eigenvalue weighted by Crippen LogP contribution is 2.43. The number of halogens is 1. The Bertz CT molecular complexity index is 1670. The lowest BCUT2D eigenvalue weighted by Crippen LogP contribution is -2.39. The van der Waals surface area contributed by atoms with Crippen molar-refractivity contribution in [3.63, 3.8) is 0 Å². The number of rotatable bonds is 12. The Balaban J connectivity index is 1.42. The summed E-state index contributed by atoms with van der Waals surface area (Å²) in [7, 11) is 0. The maximum Gasteiger partial charge on any atom is 0.323 e. The van der Waals surface area contributed by atoms with Crippen LogP contribution in [0, 0.1) is 11.3 Å². The summed E-state index contributed by atoms with van der Waals surface area (Å²) in [6.45, 7) is -0.450. The minimum absolute atomic E-state index is 0.0275. The Morgan fingerprint density at radius 1 is 1.09 bits per heavy atom. The van der Waals surface area contributed by atoms with Crippen LogP contribution in [0.3, 0.4) is 0 Å². The first-order chi connectivity index (χ1) is 20.9. The summed E-state index contributed by atoms with van der Waals surface area (Å²) in [4.78, 5) is 15.5. The predicted molar refractivity (Wildman–Crippen MR) is 160 cm³/mol. The van der Waals surface area contributed by atoms with Gasteiger partial charge in [-0.1, -0.05) is 48.0 Å². The summed E-state index contributed by atoms with van der Waals surface area (Å²) in [5.41, 5.74) is 6.87. The van der Waals surface area contributed by atoms with Gasteiger partial charge in [0, 0.05) is 36.1 Å². The molecule has 4 N–H and O–H groups in total. The second kappa shape index (κ2) is 13.7. The molecule has 0 aliphatic heterocycles. The fourth-order valence-corrected chi connectivity index (χ4v) is 5.42. The second-order valence-electron chi connectivity index (χ2n) is 10.2. The third-order valence-electron chi connectivity index (χ3n) is 7.36. The number of hydrogen-bond acceptors (Lipinski definition) is 8. The van der Waals surface area contributed by atoms with E-state index >= 15 is 0 Å². The van der Waals surface area contributed by atoms with E-state index in [0.717, 1.165) is 35.1 Å². The molecule has 5 rings (SSSR count). The van der Waals surface area contributed by atoms with Gasteiger partial charge in [0.25, 0.3) is 0 Å². The quantitative estimate of drug-likeness (QED) is 0.178. The molecule has 43 heavy (non-hydrogen) atoms. The summed E-state index contributed by atoms with van der Waals surface area (Å²) in [5.74, 6) is -0.367. The number of ether oxygens (including phenoxy) is 2. The van der Waals surface area contributed by atoms with E-state index in [4.69, 9.17) is 21.1 Å². The van der Waals surface area contributed by atoms with Crippen molar-refractivity contribution in [2.24, 2.45) is 0 Å². The normalized spacial score (nSPS) is 14.5. The van der Waals surface area contributed by atoms with E-state index in [1.165, 1.54) is 11.8 Å². The average molecular weight is 600 g/mol. The van der Waals surface area contributed by atoms with Crippen LogP contribution < -0.4 is 14.8 Å². The Kier molecular flexibility index (Phi) is 9.55. The van der Waals surface area contributed by atoms with Crippen molar-refractivity contribution < 1.29 is 29.6 Å². The number of aliphatic carboxylic acids is 1. The topological polar surface area (TPSA) is 145 Å². The highest BCUT2D eigenvalue weighted by atomic mass is 35.5. The van der Waals surface area contributed by atoms with Crippen molar-refractivity contribution in [3.05, 3.63) is 111 Å². The molecule has 1 heterocycles. The Hall–Kier alpha value is -4.46. The highest BCUT2D eigenvalue weighted by Gasteiger charge is 2.28. The van der Waals surface area contributed by atoms with Gasteiger partial charge in [-0.25, -0.2) is 0 Å². The van der Waals surface area contributed by atoms with Gasteiger partial charge in [-0.15, -0.1) is 0 Å². The first-order valence-corrected chi connectivity index (χ1v) is 14.1. The number of carboxylic acids is 1. The predicted octanol–water partition coefficient (Wildman–Crippen LogP) is 4.95. The molecule has 0 saturated heterocycles. The number of carbonyl (C=O) groups is 1. The van der Waals surface area contributed by atoms with Crippen LogP contribution in [0.2, 0.25) is 5.02 Å². The number of aliphatic hydroxyl groups is 2. The van der Waals surface area contributed by atoms with Crippen LogP contribution in [-0.2, 0) is 31.0 Å². The third kappa shape index (κ3) is 6.96. The van der Waals surface area contributed by atoms with Crippen molar-refractivity contribution in [1.29, 1.82) is 5.26 Å². The van der Waals surface area contributed by atoms with Gasteiger partial charge in [-0.05, 0) is 58.9 Å². The molecule has 4 aromatic rings. The van der Waals surface area contributed by atoms with Crippen molar-refractivity contribution in [2.45, 2.75) is 44.7 Å². The first kappa shape index (κ1) is 30.0. The average Bonchev–Trinajstić information content (AvgIpc) is 3.44. The SMILES string of the molecule is N#Cc1cncc(COc2cc(O[C@H]3CCc4c(-c5cccc(CO)c5)cccc43)c(Cl)cc2CN[C@@H](CO)C(=O)O)c1. The van der Waals surface area contributed by atoms with Crippen LogP contribution >= 0.6 is 11.6 Å². The Morgan fingerprint density at radius 2 is 1.93 bits per heavy atom. The number of hydrogen-bond donors (Lipinski definition) is 4. The Morgan fingerprint density at radius 3 is 2.70 bits per heavy atom. The van der Waals surface area contributed by atoms with Crippen LogP contribution in [0.15, 0.2) is 73.1 Å². The standard InChI is InChI=1S/C33H30ClN3O6/c34-28-11-24(16-37-29(18-39)33(40)41)31(42-19-22-9-21(13-35)14-36-15-22)12-32(28)43-30-8-7-26-25(5-2-6-27(26)30)23-4-1-3-20(10-23)17-38/h1-6,9-12,14-15,29-30,37-39H,7-8,16-19H2,(H,40,41)/t29-,30-/m0/s1. The van der Waals surface area contributed by atoms with E-state index in [1.54, 1.807) is 24.4 Å². The molecule has 9 nitrogen and oxygen atoms in total. The fraction of sp³-hybridized carbons (Fsp3) is 0.242. The number of pyridine rings is 1. The van der Waals surface area contributed by atoms with Gasteiger partial charge in [0.2, 0.25) is 0 Å². The van der Waals surface area contributed by atoms with Gasteiger partial charge in [0.15, 0.2) is 0 Å². The lowest BCUT2D eigenvalue weighted by Gasteiger charge is -2.20. The van der Waals surface area contributed by atoms with Crippen LogP contribution in [-0.4, -0.2) is 38.9 Å². The molecule has 0 amide bonds. The molecule has 0 radical (unpaired) electrons. The lowest BCUT2D eigenvalue weighted by molar-refractivity contribution is -0.140. The lowest BCUT2D eigenvalue weighted by atomic mass is 9.95. The molecule has 3 aromatic carbocycles. The van der Waals surface area contributed by atoms with Gasteiger partial charge >= 0.3 is 5.97 Å². The van der Waals surface area contributed by atoms with E-state index < -0.39 is 18.6 Å². The molecule has 10 heteroatoms. The smallest absolute Gasteiger partial charge is 0.323 e. The van der Waals surface area contributed by atoms with Gasteiger partial charge in [-0.3, -0.25) is 15.1 Å². The fourth-order valence-electron chi connectivity index (χ4n) is 5.19. The molecule has 2 atom stereocenters. The summed E-state index contributed by atoms with van der Waals surface area (Å²) in [5, 5.41) is 40.7. The molecule has 0 bridgehead atoms. The molecule has 220 valence electrons. The van der Waals surface area contributed by atoms with Crippen LogP contribution in [0.4, 0.5) is 0 Å². The molecule has 0 spiro atoms. The number of aliphatic hydroxyl groups excluding tert-OH is 2. The van der Waals surface area contributed by atoms with Crippen LogP contribution in [0.5, 0.6) is 11.5 Å². The van der Waals surface area contributed by atoms with Gasteiger partial charge < -0.3 is 24.8 Å². The largest absolute Gasteiger partial charge is 0.488 e. The van der Waals surface area contributed by atoms with Gasteiger partial charge in [0.05, 0.1) is 23.8 Å². The zero-order valence-corrected chi connectivity index (χ0v) is 23.9. The highest BCUT2D eigenvalue weighted by molar-refractivity contribution is 6.32. The molecular weight excluding hydrogens is 570 g/mol. The van der Waals surface area contributed by atoms with Crippen molar-refractivity contribution in [3.8, 4) is 28.7 Å². The van der Waals surface area contributed by atoms with Crippen LogP contribution in [0.1, 0.15) is 45.9 Å². The molecule has 0 unspecified atom stereocenters. The van der Waals surface area contributed by atoms with E-state index in [2.05, 4.69) is 22.4 Å². The number of carboxylic acid groups (broad SMARTS) is 1. The number of benzene rings is 3. The minimum atomic E-state index is -1.18. The minimum Gasteiger partial charge on any atom is -0.488 e. The third-order valence-corrected chi connectivity index (χ3v) is 7.65. The summed E-state index contributed by atoms with van der Waals surface area (Å²) in [6.07, 6.45) is 4.35. The number of nitrogens with zero attached hydrogens (tertiary/aromatic N) is 2. The first-order valence-electron chi connectivity index (χ1n) is 13.7. The van der Waals surface area contributed by atoms with E-state index in [-0.39, 0.29) is 25.9 Å². The zero-order valence-electron chi connectivity index (χ0n) is 23.2. The number of nitrogens with one attached hydrogen (secondary N) is 1. The van der Waals surface area contributed by atoms with E-state index in [0.29, 0.717) is 33.2 Å².